The first-order valence-electron chi connectivity index (χ1n) is 9.51. The van der Waals surface area contributed by atoms with Crippen LogP contribution in [0.25, 0.3) is 28.0 Å². The maximum absolute atomic E-state index is 13.1. The van der Waals surface area contributed by atoms with Gasteiger partial charge in [0, 0.05) is 34.7 Å². The van der Waals surface area contributed by atoms with Crippen molar-refractivity contribution >= 4 is 22.5 Å². The summed E-state index contributed by atoms with van der Waals surface area (Å²) in [5, 5.41) is 5.51. The van der Waals surface area contributed by atoms with Crippen LogP contribution in [-0.2, 0) is 5.41 Å². The van der Waals surface area contributed by atoms with Gasteiger partial charge >= 0.3 is 0 Å². The van der Waals surface area contributed by atoms with Crippen LogP contribution >= 0.6 is 11.6 Å². The zero-order chi connectivity index (χ0) is 20.9. The smallest absolute Gasteiger partial charge is 0.193 e. The van der Waals surface area contributed by atoms with Crippen LogP contribution in [0.3, 0.4) is 0 Å². The summed E-state index contributed by atoms with van der Waals surface area (Å²) in [4.78, 5) is 20.9. The summed E-state index contributed by atoms with van der Waals surface area (Å²) >= 11 is 6.59. The third-order valence-electron chi connectivity index (χ3n) is 5.17. The minimum Gasteiger partial charge on any atom is -0.354 e. The zero-order valence-corrected chi connectivity index (χ0v) is 17.9. The molecule has 4 aromatic rings. The first-order chi connectivity index (χ1) is 13.7. The second-order valence-electron chi connectivity index (χ2n) is 8.39. The van der Waals surface area contributed by atoms with Crippen LogP contribution in [0.15, 0.2) is 47.5 Å². The number of rotatable bonds is 2. The van der Waals surface area contributed by atoms with Gasteiger partial charge in [-0.2, -0.15) is 5.10 Å². The lowest BCUT2D eigenvalue weighted by Gasteiger charge is -2.22. The molecular formula is C23H23ClN4O. The van der Waals surface area contributed by atoms with Gasteiger partial charge in [-0.15, -0.1) is 0 Å². The molecule has 4 rings (SSSR count). The molecule has 0 aliphatic rings. The van der Waals surface area contributed by atoms with E-state index in [0.29, 0.717) is 21.7 Å². The molecule has 29 heavy (non-hydrogen) atoms. The summed E-state index contributed by atoms with van der Waals surface area (Å²) in [6.07, 6.45) is 3.38. The number of H-pyrrole nitrogens is 1. The Morgan fingerprint density at radius 2 is 1.83 bits per heavy atom. The number of hydrogen-bond acceptors (Lipinski definition) is 3. The molecule has 5 nitrogen and oxygen atoms in total. The molecule has 0 atom stereocenters. The molecule has 3 aromatic heterocycles. The van der Waals surface area contributed by atoms with Crippen molar-refractivity contribution in [1.29, 1.82) is 0 Å². The second kappa shape index (κ2) is 6.85. The van der Waals surface area contributed by atoms with E-state index < -0.39 is 0 Å². The maximum Gasteiger partial charge on any atom is 0.193 e. The molecule has 0 fully saturated rings. The molecule has 0 aliphatic heterocycles. The van der Waals surface area contributed by atoms with Crippen LogP contribution in [0.4, 0.5) is 0 Å². The van der Waals surface area contributed by atoms with E-state index in [-0.39, 0.29) is 10.8 Å². The second-order valence-corrected chi connectivity index (χ2v) is 8.79. The topological polar surface area (TPSA) is 63.6 Å². The highest BCUT2D eigenvalue weighted by Crippen LogP contribution is 2.35. The van der Waals surface area contributed by atoms with Crippen LogP contribution in [0.2, 0.25) is 5.02 Å². The first-order valence-corrected chi connectivity index (χ1v) is 9.88. The van der Waals surface area contributed by atoms with Gasteiger partial charge < -0.3 is 4.98 Å². The van der Waals surface area contributed by atoms with E-state index in [1.165, 1.54) is 0 Å². The lowest BCUT2D eigenvalue weighted by atomic mass is 9.85. The number of aromatic nitrogens is 4. The van der Waals surface area contributed by atoms with Gasteiger partial charge in [0.15, 0.2) is 11.2 Å². The number of benzene rings is 1. The van der Waals surface area contributed by atoms with Crippen molar-refractivity contribution in [2.75, 3.05) is 0 Å². The molecule has 1 aromatic carbocycles. The predicted molar refractivity (Wildman–Crippen MR) is 118 cm³/mol. The van der Waals surface area contributed by atoms with Crippen LogP contribution in [0.5, 0.6) is 0 Å². The van der Waals surface area contributed by atoms with Gasteiger partial charge in [-0.1, -0.05) is 38.4 Å². The van der Waals surface area contributed by atoms with E-state index in [1.54, 1.807) is 23.1 Å². The highest BCUT2D eigenvalue weighted by atomic mass is 35.5. The van der Waals surface area contributed by atoms with E-state index in [9.17, 15) is 4.79 Å². The minimum atomic E-state index is -0.109. The van der Waals surface area contributed by atoms with Crippen molar-refractivity contribution in [2.45, 2.75) is 40.0 Å². The SMILES string of the molecule is Cc1cc(C(C)(C)C)c(Cl)cc1-c1cc(=O)c2c(-n3nccc3C)nccc2[nH]1. The molecule has 0 aliphatic carbocycles. The average molecular weight is 407 g/mol. The molecular weight excluding hydrogens is 384 g/mol. The summed E-state index contributed by atoms with van der Waals surface area (Å²) in [7, 11) is 0. The third-order valence-corrected chi connectivity index (χ3v) is 5.48. The number of halogens is 1. The minimum absolute atomic E-state index is 0.0562. The molecule has 0 radical (unpaired) electrons. The van der Waals surface area contributed by atoms with E-state index >= 15 is 0 Å². The Hall–Kier alpha value is -2.92. The van der Waals surface area contributed by atoms with Crippen LogP contribution in [0.1, 0.15) is 37.6 Å². The Labute approximate surface area is 174 Å². The van der Waals surface area contributed by atoms with Crippen LogP contribution in [0, 0.1) is 13.8 Å². The fourth-order valence-corrected chi connectivity index (χ4v) is 4.07. The first kappa shape index (κ1) is 19.4. The lowest BCUT2D eigenvalue weighted by Crippen LogP contribution is -2.13. The fourth-order valence-electron chi connectivity index (χ4n) is 3.63. The third kappa shape index (κ3) is 3.36. The molecule has 6 heteroatoms. The molecule has 1 N–H and O–H groups in total. The van der Waals surface area contributed by atoms with E-state index in [0.717, 1.165) is 28.1 Å². The zero-order valence-electron chi connectivity index (χ0n) is 17.2. The summed E-state index contributed by atoms with van der Waals surface area (Å²) in [5.41, 5.74) is 5.25. The highest BCUT2D eigenvalue weighted by molar-refractivity contribution is 6.31. The molecule has 3 heterocycles. The highest BCUT2D eigenvalue weighted by Gasteiger charge is 2.20. The van der Waals surface area contributed by atoms with Crippen molar-refractivity contribution in [3.8, 4) is 17.1 Å². The van der Waals surface area contributed by atoms with Crippen molar-refractivity contribution in [1.82, 2.24) is 19.7 Å². The Kier molecular flexibility index (Phi) is 4.58. The molecule has 0 unspecified atom stereocenters. The summed E-state index contributed by atoms with van der Waals surface area (Å²) in [6, 6.07) is 9.34. The number of nitrogens with zero attached hydrogens (tertiary/aromatic N) is 3. The van der Waals surface area contributed by atoms with E-state index in [4.69, 9.17) is 11.6 Å². The van der Waals surface area contributed by atoms with Crippen molar-refractivity contribution in [3.63, 3.8) is 0 Å². The molecule has 148 valence electrons. The van der Waals surface area contributed by atoms with E-state index in [1.807, 2.05) is 32.0 Å². The Morgan fingerprint density at radius 3 is 2.48 bits per heavy atom. The van der Waals surface area contributed by atoms with Crippen molar-refractivity contribution < 1.29 is 0 Å². The van der Waals surface area contributed by atoms with Gasteiger partial charge in [-0.05, 0) is 48.6 Å². The maximum atomic E-state index is 13.1. The summed E-state index contributed by atoms with van der Waals surface area (Å²) in [5.74, 6) is 0.524. The summed E-state index contributed by atoms with van der Waals surface area (Å²) < 4.78 is 1.68. The molecule has 0 spiro atoms. The van der Waals surface area contributed by atoms with Gasteiger partial charge in [0.05, 0.1) is 16.6 Å². The number of pyridine rings is 2. The number of hydrogen-bond donors (Lipinski definition) is 1. The molecule has 0 amide bonds. The molecule has 0 saturated carbocycles. The Balaban J connectivity index is 1.93. The molecule has 0 saturated heterocycles. The van der Waals surface area contributed by atoms with Gasteiger partial charge in [0.25, 0.3) is 0 Å². The Bertz CT molecular complexity index is 1290. The number of aromatic amines is 1. The fraction of sp³-hybridized carbons (Fsp3) is 0.261. The lowest BCUT2D eigenvalue weighted by molar-refractivity contribution is 0.590. The monoisotopic (exact) mass is 406 g/mol. The van der Waals surface area contributed by atoms with Crippen molar-refractivity contribution in [3.05, 3.63) is 74.8 Å². The molecule has 0 bridgehead atoms. The van der Waals surface area contributed by atoms with Crippen molar-refractivity contribution in [2.24, 2.45) is 0 Å². The number of fused-ring (bicyclic) bond motifs is 1. The van der Waals surface area contributed by atoms with E-state index in [2.05, 4.69) is 41.9 Å². The largest absolute Gasteiger partial charge is 0.354 e. The number of nitrogens with one attached hydrogen (secondary N) is 1. The van der Waals surface area contributed by atoms with Gasteiger partial charge in [-0.25, -0.2) is 9.67 Å². The predicted octanol–water partition coefficient (Wildman–Crippen LogP) is 5.34. The van der Waals surface area contributed by atoms with Gasteiger partial charge in [0.2, 0.25) is 0 Å². The average Bonchev–Trinajstić information content (AvgIpc) is 3.07. The quantitative estimate of drug-likeness (QED) is 0.488. The Morgan fingerprint density at radius 1 is 1.07 bits per heavy atom. The van der Waals surface area contributed by atoms with Gasteiger partial charge in [-0.3, -0.25) is 4.79 Å². The van der Waals surface area contributed by atoms with Crippen LogP contribution < -0.4 is 5.43 Å². The van der Waals surface area contributed by atoms with Gasteiger partial charge in [0.1, 0.15) is 0 Å². The number of aryl methyl sites for hydroxylation is 2. The normalized spacial score (nSPS) is 11.9. The van der Waals surface area contributed by atoms with Crippen LogP contribution in [-0.4, -0.2) is 19.7 Å². The standard InChI is InChI=1S/C23H23ClN4O/c1-13-10-16(23(3,4)5)17(24)11-15(13)19-12-20(29)21-18(27-19)7-8-25-22(21)28-14(2)6-9-26-28/h6-12H,1-5H3,(H,27,29). The summed E-state index contributed by atoms with van der Waals surface area (Å²) in [6.45, 7) is 10.4.